The molecule has 1 aliphatic heterocycles. The van der Waals surface area contributed by atoms with Gasteiger partial charge in [0.15, 0.2) is 5.65 Å². The number of fused-ring (bicyclic) bond motifs is 1. The highest BCUT2D eigenvalue weighted by Gasteiger charge is 2.19. The Balaban J connectivity index is 1.95. The molecular weight excluding hydrogens is 236 g/mol. The first-order chi connectivity index (χ1) is 9.25. The Bertz CT molecular complexity index is 552. The molecule has 1 unspecified atom stereocenters. The van der Waals surface area contributed by atoms with Gasteiger partial charge in [-0.2, -0.15) is 0 Å². The Morgan fingerprint density at radius 1 is 1.47 bits per heavy atom. The van der Waals surface area contributed by atoms with E-state index in [0.29, 0.717) is 12.0 Å². The third-order valence-electron chi connectivity index (χ3n) is 3.91. The highest BCUT2D eigenvalue weighted by atomic mass is 15.1. The maximum absolute atomic E-state index is 4.80. The quantitative estimate of drug-likeness (QED) is 0.920. The highest BCUT2D eigenvalue weighted by Crippen LogP contribution is 2.23. The summed E-state index contributed by atoms with van der Waals surface area (Å²) in [6, 6.07) is 4.43. The van der Waals surface area contributed by atoms with Gasteiger partial charge in [-0.3, -0.25) is 0 Å². The van der Waals surface area contributed by atoms with E-state index in [1.807, 2.05) is 12.3 Å². The van der Waals surface area contributed by atoms with Crippen LogP contribution in [0.25, 0.3) is 11.2 Å². The van der Waals surface area contributed by atoms with Crippen LogP contribution >= 0.6 is 0 Å². The van der Waals surface area contributed by atoms with Gasteiger partial charge in [-0.15, -0.1) is 0 Å². The maximum atomic E-state index is 4.80. The fraction of sp³-hybridized carbons (Fsp3) is 0.600. The molecule has 1 atom stereocenters. The van der Waals surface area contributed by atoms with E-state index in [4.69, 9.17) is 4.98 Å². The molecule has 2 aromatic heterocycles. The molecular formula is C15H22N4. The van der Waals surface area contributed by atoms with Crippen LogP contribution in [0.2, 0.25) is 0 Å². The summed E-state index contributed by atoms with van der Waals surface area (Å²) >= 11 is 0. The van der Waals surface area contributed by atoms with Gasteiger partial charge < -0.3 is 9.88 Å². The van der Waals surface area contributed by atoms with E-state index < -0.39 is 0 Å². The first-order valence-electron chi connectivity index (χ1n) is 7.28. The number of nitrogens with one attached hydrogen (secondary N) is 1. The lowest BCUT2D eigenvalue weighted by Gasteiger charge is -2.23. The van der Waals surface area contributed by atoms with E-state index in [9.17, 15) is 0 Å². The van der Waals surface area contributed by atoms with Gasteiger partial charge in [0.1, 0.15) is 11.3 Å². The SMILES string of the molecule is CC(C)n1c(CC2CCCNC2)nc2cccnc21. The Hall–Kier alpha value is -1.42. The van der Waals surface area contributed by atoms with Gasteiger partial charge in [-0.05, 0) is 57.8 Å². The Morgan fingerprint density at radius 3 is 3.11 bits per heavy atom. The minimum Gasteiger partial charge on any atom is -0.316 e. The number of pyridine rings is 1. The van der Waals surface area contributed by atoms with Crippen LogP contribution in [0.4, 0.5) is 0 Å². The topological polar surface area (TPSA) is 42.7 Å². The number of aromatic nitrogens is 3. The molecule has 2 aromatic rings. The molecule has 4 heteroatoms. The Morgan fingerprint density at radius 2 is 2.37 bits per heavy atom. The number of imidazole rings is 1. The molecule has 0 aliphatic carbocycles. The summed E-state index contributed by atoms with van der Waals surface area (Å²) in [6.45, 7) is 6.70. The molecule has 0 radical (unpaired) electrons. The molecule has 3 rings (SSSR count). The largest absolute Gasteiger partial charge is 0.316 e. The average Bonchev–Trinajstić information content (AvgIpc) is 2.77. The standard InChI is InChI=1S/C15H22N4/c1-11(2)19-14(9-12-5-3-7-16-10-12)18-13-6-4-8-17-15(13)19/h4,6,8,11-12,16H,3,5,7,9-10H2,1-2H3. The molecule has 1 saturated heterocycles. The second kappa shape index (κ2) is 5.29. The molecule has 0 spiro atoms. The first kappa shape index (κ1) is 12.6. The number of hydrogen-bond donors (Lipinski definition) is 1. The zero-order chi connectivity index (χ0) is 13.2. The Kier molecular flexibility index (Phi) is 3.51. The predicted octanol–water partition coefficient (Wildman–Crippen LogP) is 2.55. The smallest absolute Gasteiger partial charge is 0.160 e. The fourth-order valence-corrected chi connectivity index (χ4v) is 3.02. The average molecular weight is 258 g/mol. The lowest BCUT2D eigenvalue weighted by molar-refractivity contribution is 0.364. The van der Waals surface area contributed by atoms with Crippen molar-refractivity contribution in [2.45, 2.75) is 39.2 Å². The van der Waals surface area contributed by atoms with Gasteiger partial charge in [-0.25, -0.2) is 9.97 Å². The molecule has 102 valence electrons. The van der Waals surface area contributed by atoms with E-state index in [2.05, 4.69) is 34.8 Å². The summed E-state index contributed by atoms with van der Waals surface area (Å²) in [5.41, 5.74) is 2.05. The van der Waals surface area contributed by atoms with E-state index in [-0.39, 0.29) is 0 Å². The van der Waals surface area contributed by atoms with Gasteiger partial charge in [0.25, 0.3) is 0 Å². The van der Waals surface area contributed by atoms with Gasteiger partial charge in [0.05, 0.1) is 0 Å². The predicted molar refractivity (Wildman–Crippen MR) is 77.2 cm³/mol. The molecule has 0 amide bonds. The van der Waals surface area contributed by atoms with Crippen molar-refractivity contribution in [1.82, 2.24) is 19.9 Å². The van der Waals surface area contributed by atoms with Crippen molar-refractivity contribution in [3.63, 3.8) is 0 Å². The van der Waals surface area contributed by atoms with Crippen molar-refractivity contribution in [3.05, 3.63) is 24.2 Å². The molecule has 19 heavy (non-hydrogen) atoms. The van der Waals surface area contributed by atoms with Crippen molar-refractivity contribution < 1.29 is 0 Å². The molecule has 1 aliphatic rings. The summed E-state index contributed by atoms with van der Waals surface area (Å²) in [6.07, 6.45) is 5.50. The fourth-order valence-electron chi connectivity index (χ4n) is 3.02. The summed E-state index contributed by atoms with van der Waals surface area (Å²) in [5, 5.41) is 3.48. The van der Waals surface area contributed by atoms with Crippen molar-refractivity contribution in [1.29, 1.82) is 0 Å². The van der Waals surface area contributed by atoms with Gasteiger partial charge in [0, 0.05) is 18.7 Å². The molecule has 0 aromatic carbocycles. The lowest BCUT2D eigenvalue weighted by Crippen LogP contribution is -2.31. The minimum atomic E-state index is 0.409. The van der Waals surface area contributed by atoms with Crippen molar-refractivity contribution >= 4 is 11.2 Å². The highest BCUT2D eigenvalue weighted by molar-refractivity contribution is 5.71. The van der Waals surface area contributed by atoms with Crippen LogP contribution in [0.15, 0.2) is 18.3 Å². The Labute approximate surface area is 114 Å². The summed E-state index contributed by atoms with van der Waals surface area (Å²) in [7, 11) is 0. The summed E-state index contributed by atoms with van der Waals surface area (Å²) in [4.78, 5) is 9.30. The second-order valence-corrected chi connectivity index (χ2v) is 5.75. The third kappa shape index (κ3) is 2.50. The maximum Gasteiger partial charge on any atom is 0.160 e. The normalized spacial score (nSPS) is 20.3. The van der Waals surface area contributed by atoms with E-state index in [1.165, 1.54) is 25.2 Å². The zero-order valence-corrected chi connectivity index (χ0v) is 11.8. The zero-order valence-electron chi connectivity index (χ0n) is 11.8. The van der Waals surface area contributed by atoms with Crippen LogP contribution in [0.3, 0.4) is 0 Å². The lowest BCUT2D eigenvalue weighted by atomic mass is 9.96. The summed E-state index contributed by atoms with van der Waals surface area (Å²) < 4.78 is 2.30. The second-order valence-electron chi connectivity index (χ2n) is 5.75. The van der Waals surface area contributed by atoms with E-state index in [0.717, 1.165) is 24.1 Å². The number of rotatable bonds is 3. The number of nitrogens with zero attached hydrogens (tertiary/aromatic N) is 3. The van der Waals surface area contributed by atoms with Gasteiger partial charge in [0.2, 0.25) is 0 Å². The molecule has 4 nitrogen and oxygen atoms in total. The van der Waals surface area contributed by atoms with E-state index in [1.54, 1.807) is 0 Å². The van der Waals surface area contributed by atoms with Crippen LogP contribution < -0.4 is 5.32 Å². The van der Waals surface area contributed by atoms with Crippen molar-refractivity contribution in [3.8, 4) is 0 Å². The molecule has 0 bridgehead atoms. The third-order valence-corrected chi connectivity index (χ3v) is 3.91. The van der Waals surface area contributed by atoms with Gasteiger partial charge in [-0.1, -0.05) is 0 Å². The van der Waals surface area contributed by atoms with Crippen LogP contribution in [0.5, 0.6) is 0 Å². The van der Waals surface area contributed by atoms with Crippen molar-refractivity contribution in [2.24, 2.45) is 5.92 Å². The van der Waals surface area contributed by atoms with E-state index >= 15 is 0 Å². The minimum absolute atomic E-state index is 0.409. The number of piperidine rings is 1. The van der Waals surface area contributed by atoms with Crippen LogP contribution in [-0.4, -0.2) is 27.6 Å². The monoisotopic (exact) mass is 258 g/mol. The van der Waals surface area contributed by atoms with Crippen LogP contribution in [-0.2, 0) is 6.42 Å². The molecule has 1 N–H and O–H groups in total. The van der Waals surface area contributed by atoms with Crippen molar-refractivity contribution in [2.75, 3.05) is 13.1 Å². The van der Waals surface area contributed by atoms with Crippen LogP contribution in [0, 0.1) is 5.92 Å². The first-order valence-corrected chi connectivity index (χ1v) is 7.28. The number of hydrogen-bond acceptors (Lipinski definition) is 3. The molecule has 3 heterocycles. The summed E-state index contributed by atoms with van der Waals surface area (Å²) in [5.74, 6) is 1.90. The molecule has 1 fully saturated rings. The van der Waals surface area contributed by atoms with Gasteiger partial charge >= 0.3 is 0 Å². The van der Waals surface area contributed by atoms with Crippen LogP contribution in [0.1, 0.15) is 38.6 Å². The molecule has 0 saturated carbocycles.